The van der Waals surface area contributed by atoms with Crippen molar-refractivity contribution in [1.29, 1.82) is 0 Å². The molecule has 25 heteroatoms. The van der Waals surface area contributed by atoms with Gasteiger partial charge in [-0.1, -0.05) is 12.2 Å². The molecule has 0 aromatic carbocycles. The summed E-state index contributed by atoms with van der Waals surface area (Å²) in [4.78, 5) is 46.4. The molecule has 7 unspecified atom stereocenters. The molecule has 4 aromatic heterocycles. The summed E-state index contributed by atoms with van der Waals surface area (Å²) in [7, 11) is 0. The number of nitrogens with two attached hydrogens (primary N) is 2. The van der Waals surface area contributed by atoms with Gasteiger partial charge in [-0.3, -0.25) is 23.4 Å². The predicted molar refractivity (Wildman–Crippen MR) is 163 cm³/mol. The van der Waals surface area contributed by atoms with Gasteiger partial charge in [0.15, 0.2) is 28.9 Å². The maximum Gasteiger partial charge on any atom is 0.386 e. The molecule has 7 heterocycles. The summed E-state index contributed by atoms with van der Waals surface area (Å²) < 4.78 is 51.7. The second-order valence-corrected chi connectivity index (χ2v) is 16.9. The van der Waals surface area contributed by atoms with Crippen LogP contribution in [0.3, 0.4) is 0 Å². The van der Waals surface area contributed by atoms with Crippen LogP contribution in [0.5, 0.6) is 0 Å². The monoisotopic (exact) mass is 736 g/mol. The first-order chi connectivity index (χ1) is 21.8. The molecule has 0 amide bonds. The number of imidazole rings is 2. The van der Waals surface area contributed by atoms with Crippen LogP contribution >= 0.6 is 37.4 Å². The number of hydrogen-bond donors (Lipinski definition) is 6. The zero-order chi connectivity index (χ0) is 32.3. The maximum absolute atomic E-state index is 13.5. The lowest BCUT2D eigenvalue weighted by molar-refractivity contribution is -0.0586. The normalized spacial score (nSPS) is 39.4. The van der Waals surface area contributed by atoms with E-state index in [0.717, 1.165) is 0 Å². The highest BCUT2D eigenvalue weighted by Crippen LogP contribution is 2.63. The van der Waals surface area contributed by atoms with Crippen molar-refractivity contribution >= 4 is 83.3 Å². The molecule has 11 atom stereocenters. The molecular formula is C21H23ClN10O10P2S2. The Labute approximate surface area is 271 Å². The number of thiol groups is 1. The van der Waals surface area contributed by atoms with Crippen LogP contribution in [-0.2, 0) is 43.9 Å². The number of fused-ring (bicyclic) bond motifs is 7. The van der Waals surface area contributed by atoms with Crippen LogP contribution in [0, 0.1) is 5.92 Å². The molecule has 3 saturated heterocycles. The molecule has 1 saturated carbocycles. The summed E-state index contributed by atoms with van der Waals surface area (Å²) in [5, 5.41) is 11.1. The van der Waals surface area contributed by atoms with E-state index >= 15 is 0 Å². The first-order valence-electron chi connectivity index (χ1n) is 13.5. The molecule has 8 rings (SSSR count). The number of hydrogen-bond acceptors (Lipinski definition) is 17. The molecule has 3 aliphatic heterocycles. The van der Waals surface area contributed by atoms with Gasteiger partial charge in [0.05, 0.1) is 38.0 Å². The summed E-state index contributed by atoms with van der Waals surface area (Å²) in [5.41, 5.74) is 11.7. The Kier molecular flexibility index (Phi) is 7.32. The number of aromatic nitrogens is 8. The summed E-state index contributed by atoms with van der Waals surface area (Å²) in [6.45, 7) is -9.13. The third-order valence-corrected chi connectivity index (χ3v) is 11.5. The van der Waals surface area contributed by atoms with E-state index in [0.29, 0.717) is 11.2 Å². The quantitative estimate of drug-likeness (QED) is 0.0901. The third-order valence-electron chi connectivity index (χ3n) is 8.14. The van der Waals surface area contributed by atoms with E-state index in [-0.39, 0.29) is 40.9 Å². The Morgan fingerprint density at radius 1 is 1.00 bits per heavy atom. The minimum atomic E-state index is -4.26. The number of aromatic amines is 1. The van der Waals surface area contributed by atoms with Crippen LogP contribution in [0.15, 0.2) is 17.4 Å². The van der Waals surface area contributed by atoms with Crippen LogP contribution in [0.25, 0.3) is 22.3 Å². The number of halogens is 1. The number of aliphatic hydroxyl groups excluding tert-OH is 1. The molecular weight excluding hydrogens is 714 g/mol. The highest BCUT2D eigenvalue weighted by atomic mass is 35.5. The van der Waals surface area contributed by atoms with Crippen molar-refractivity contribution in [3.05, 3.63) is 28.3 Å². The fraction of sp³-hybridized carbons (Fsp3) is 0.524. The number of aliphatic hydroxyl groups is 1. The van der Waals surface area contributed by atoms with E-state index in [4.69, 9.17) is 62.4 Å². The van der Waals surface area contributed by atoms with E-state index in [2.05, 4.69) is 42.2 Å². The number of nitrogens with zero attached hydrogens (tertiary/aromatic N) is 7. The summed E-state index contributed by atoms with van der Waals surface area (Å²) in [5.74, 6) is -0.498. The van der Waals surface area contributed by atoms with Crippen molar-refractivity contribution in [1.82, 2.24) is 39.0 Å². The van der Waals surface area contributed by atoms with Crippen molar-refractivity contribution in [3.63, 3.8) is 0 Å². The molecule has 246 valence electrons. The summed E-state index contributed by atoms with van der Waals surface area (Å²) >= 11 is 15.5. The van der Waals surface area contributed by atoms with Crippen LogP contribution < -0.4 is 17.0 Å². The summed E-state index contributed by atoms with van der Waals surface area (Å²) in [6, 6.07) is -0.372. The van der Waals surface area contributed by atoms with Gasteiger partial charge in [-0.25, -0.2) is 14.5 Å². The van der Waals surface area contributed by atoms with Crippen molar-refractivity contribution in [2.75, 3.05) is 24.7 Å². The van der Waals surface area contributed by atoms with Gasteiger partial charge in [0.25, 0.3) is 5.56 Å². The molecule has 7 N–H and O–H groups in total. The van der Waals surface area contributed by atoms with Crippen LogP contribution in [0.2, 0.25) is 5.28 Å². The number of nitrogens with one attached hydrogen (secondary N) is 1. The van der Waals surface area contributed by atoms with E-state index in [1.807, 2.05) is 0 Å². The number of rotatable bonds is 2. The number of ether oxygens (including phenoxy) is 2. The largest absolute Gasteiger partial charge is 0.387 e. The Morgan fingerprint density at radius 2 is 1.72 bits per heavy atom. The molecule has 20 nitrogen and oxygen atoms in total. The van der Waals surface area contributed by atoms with Crippen LogP contribution in [0.1, 0.15) is 12.3 Å². The van der Waals surface area contributed by atoms with Gasteiger partial charge in [-0.15, -0.1) is 0 Å². The third kappa shape index (κ3) is 5.16. The van der Waals surface area contributed by atoms with Gasteiger partial charge in [0.2, 0.25) is 11.2 Å². The molecule has 4 fully saturated rings. The predicted octanol–water partition coefficient (Wildman–Crippen LogP) is 0.0458. The summed E-state index contributed by atoms with van der Waals surface area (Å²) in [6.07, 6.45) is -4.96. The van der Waals surface area contributed by atoms with Crippen molar-refractivity contribution in [2.45, 2.75) is 48.9 Å². The number of anilines is 2. The number of H-pyrrole nitrogens is 1. The van der Waals surface area contributed by atoms with Crippen molar-refractivity contribution < 1.29 is 42.1 Å². The van der Waals surface area contributed by atoms with Gasteiger partial charge in [0, 0.05) is 5.92 Å². The zero-order valence-corrected chi connectivity index (χ0v) is 27.1. The molecule has 4 aromatic rings. The van der Waals surface area contributed by atoms with Gasteiger partial charge in [-0.05, 0) is 23.4 Å². The van der Waals surface area contributed by atoms with Gasteiger partial charge >= 0.3 is 13.5 Å². The first-order valence-corrected chi connectivity index (χ1v) is 19.1. The Hall–Kier alpha value is -2.30. The average molecular weight is 737 g/mol. The highest BCUT2D eigenvalue weighted by molar-refractivity contribution is 8.44. The lowest BCUT2D eigenvalue weighted by Gasteiger charge is -2.29. The molecule has 1 aliphatic carbocycles. The van der Waals surface area contributed by atoms with Crippen LogP contribution in [-0.4, -0.2) is 98.9 Å². The Bertz CT molecular complexity index is 2050. The van der Waals surface area contributed by atoms with E-state index in [1.54, 1.807) is 4.57 Å². The smallest absolute Gasteiger partial charge is 0.386 e. The fourth-order valence-electron chi connectivity index (χ4n) is 6.14. The second kappa shape index (κ2) is 10.9. The average Bonchev–Trinajstić information content (AvgIpc) is 3.36. The number of nitrogen functional groups attached to an aromatic ring is 2. The fourth-order valence-corrected chi connectivity index (χ4v) is 9.23. The Morgan fingerprint density at radius 3 is 2.52 bits per heavy atom. The first kappa shape index (κ1) is 31.0. The molecule has 2 bridgehead atoms. The lowest BCUT2D eigenvalue weighted by Crippen LogP contribution is -2.35. The van der Waals surface area contributed by atoms with E-state index in [9.17, 15) is 19.4 Å². The van der Waals surface area contributed by atoms with E-state index in [1.165, 1.54) is 17.2 Å². The molecule has 0 radical (unpaired) electrons. The molecule has 4 aliphatic rings. The minimum absolute atomic E-state index is 0.00155. The van der Waals surface area contributed by atoms with Crippen LogP contribution in [0.4, 0.5) is 11.8 Å². The van der Waals surface area contributed by atoms with E-state index < -0.39 is 74.5 Å². The van der Waals surface area contributed by atoms with Gasteiger partial charge in [-0.2, -0.15) is 15.0 Å². The lowest BCUT2D eigenvalue weighted by atomic mass is 10.1. The van der Waals surface area contributed by atoms with Crippen molar-refractivity contribution in [3.8, 4) is 0 Å². The standard InChI is InChI=1S/C21H23ClN10O10P2S2/c22-20-27-15(23)8-16(28-20)31(3-25-8)10-7-12-6(39-13(7)10)2-38-44(36,46)42-14-11(33)5(1-37-43(35,45)41-12)40-19(14)32-4-26-9-17(32)29-21(24)30-18(9)34/h3-7,10-14,19,33H,1-2H2,(H,35,45)(H,36,46)(H2,23,27,28)(H3,24,29,30,34)/t5-,6-,7?,10+,11?,12?,13?,14?,19-,43?,44?/m1/s1. The van der Waals surface area contributed by atoms with Gasteiger partial charge < -0.3 is 44.6 Å². The topological polar surface area (TPSA) is 272 Å². The zero-order valence-electron chi connectivity index (χ0n) is 22.8. The maximum atomic E-state index is 13.5. The minimum Gasteiger partial charge on any atom is -0.387 e. The van der Waals surface area contributed by atoms with Gasteiger partial charge in [0.1, 0.15) is 36.0 Å². The van der Waals surface area contributed by atoms with Crippen molar-refractivity contribution in [2.24, 2.45) is 5.92 Å². The highest BCUT2D eigenvalue weighted by Gasteiger charge is 2.67. The molecule has 46 heavy (non-hydrogen) atoms. The Balaban J connectivity index is 1.08. The SMILES string of the molecule is Nc1nc2c(ncn2[C@@H]2O[C@@H]3COP(O)(=S)OC4C5C(O[C@@H]4COP(=O)(S)OC2C3O)[C@H]5n2cnc3c(N)nc(Cl)nc32)c(=O)[nH]1. The molecule has 0 spiro atoms. The second-order valence-electron chi connectivity index (χ2n) is 10.9.